The lowest BCUT2D eigenvalue weighted by atomic mass is 9.67. The van der Waals surface area contributed by atoms with E-state index in [-0.39, 0.29) is 0 Å². The van der Waals surface area contributed by atoms with Crippen LogP contribution in [-0.2, 0) is 11.3 Å². The number of carbonyl (C=O) groups excluding carboxylic acids is 1. The SMILES string of the molecule is O=C(CC12CC3CC(C1)C(C3)C2)N1CCN(Cc2ccc(Cl)cc2)CC1. The van der Waals surface area contributed by atoms with Crippen molar-refractivity contribution in [2.45, 2.75) is 45.1 Å². The Morgan fingerprint density at radius 3 is 2.27 bits per heavy atom. The topological polar surface area (TPSA) is 23.6 Å². The molecule has 1 heterocycles. The van der Waals surface area contributed by atoms with Crippen molar-refractivity contribution in [3.05, 3.63) is 34.9 Å². The molecule has 4 bridgehead atoms. The molecule has 26 heavy (non-hydrogen) atoms. The summed E-state index contributed by atoms with van der Waals surface area (Å²) in [5, 5.41) is 0.790. The lowest BCUT2D eigenvalue weighted by molar-refractivity contribution is -0.136. The van der Waals surface area contributed by atoms with Crippen LogP contribution in [0, 0.1) is 23.2 Å². The first-order chi connectivity index (χ1) is 12.6. The Morgan fingerprint density at radius 1 is 1.00 bits per heavy atom. The van der Waals surface area contributed by atoms with E-state index >= 15 is 0 Å². The maximum Gasteiger partial charge on any atom is 0.223 e. The second kappa shape index (κ2) is 6.53. The Balaban J connectivity index is 1.13. The van der Waals surface area contributed by atoms with Gasteiger partial charge in [-0.25, -0.2) is 0 Å². The van der Waals surface area contributed by atoms with Gasteiger partial charge in [0.2, 0.25) is 5.91 Å². The lowest BCUT2D eigenvalue weighted by Crippen LogP contribution is -2.49. The zero-order valence-corrected chi connectivity index (χ0v) is 16.3. The van der Waals surface area contributed by atoms with E-state index in [1.807, 2.05) is 12.1 Å². The van der Waals surface area contributed by atoms with Crippen LogP contribution >= 0.6 is 11.6 Å². The largest absolute Gasteiger partial charge is 0.340 e. The molecule has 4 saturated carbocycles. The summed E-state index contributed by atoms with van der Waals surface area (Å²) in [5.41, 5.74) is 1.68. The molecular weight excluding hydrogens is 344 g/mol. The Hall–Kier alpha value is -1.06. The van der Waals surface area contributed by atoms with Crippen LogP contribution < -0.4 is 0 Å². The Labute approximate surface area is 161 Å². The van der Waals surface area contributed by atoms with Gasteiger partial charge < -0.3 is 4.90 Å². The fraction of sp³-hybridized carbons (Fsp3) is 0.682. The Kier molecular flexibility index (Phi) is 4.28. The van der Waals surface area contributed by atoms with Crippen LogP contribution in [0.2, 0.25) is 5.02 Å². The lowest BCUT2D eigenvalue weighted by Gasteiger charge is -2.41. The van der Waals surface area contributed by atoms with Crippen molar-refractivity contribution in [1.29, 1.82) is 0 Å². The van der Waals surface area contributed by atoms with E-state index in [1.165, 1.54) is 37.7 Å². The molecule has 0 radical (unpaired) electrons. The molecule has 0 aromatic heterocycles. The maximum atomic E-state index is 13.0. The highest BCUT2D eigenvalue weighted by Gasteiger charge is 2.56. The highest BCUT2D eigenvalue weighted by molar-refractivity contribution is 6.30. The average Bonchev–Trinajstić information content (AvgIpc) is 3.04. The van der Waals surface area contributed by atoms with Gasteiger partial charge in [0.15, 0.2) is 0 Å². The molecule has 5 aliphatic rings. The number of piperazine rings is 1. The third kappa shape index (κ3) is 3.18. The summed E-state index contributed by atoms with van der Waals surface area (Å²) >= 11 is 5.97. The summed E-state index contributed by atoms with van der Waals surface area (Å²) in [4.78, 5) is 17.6. The van der Waals surface area contributed by atoms with E-state index < -0.39 is 0 Å². The third-order valence-electron chi connectivity index (χ3n) is 7.62. The van der Waals surface area contributed by atoms with Crippen LogP contribution in [0.1, 0.15) is 44.1 Å². The van der Waals surface area contributed by atoms with Crippen LogP contribution in [0.4, 0.5) is 0 Å². The van der Waals surface area contributed by atoms with Crippen molar-refractivity contribution >= 4 is 17.5 Å². The molecular formula is C22H29ClN2O. The van der Waals surface area contributed by atoms with Crippen molar-refractivity contribution in [2.75, 3.05) is 26.2 Å². The third-order valence-corrected chi connectivity index (χ3v) is 7.87. The highest BCUT2D eigenvalue weighted by atomic mass is 35.5. The second-order valence-electron chi connectivity index (χ2n) is 9.43. The van der Waals surface area contributed by atoms with Crippen molar-refractivity contribution in [3.8, 4) is 0 Å². The van der Waals surface area contributed by atoms with Crippen LogP contribution in [-0.4, -0.2) is 41.9 Å². The fourth-order valence-electron chi connectivity index (χ4n) is 6.63. The molecule has 0 N–H and O–H groups in total. The summed E-state index contributed by atoms with van der Waals surface area (Å²) in [6, 6.07) is 8.12. The van der Waals surface area contributed by atoms with Gasteiger partial charge in [-0.15, -0.1) is 0 Å². The monoisotopic (exact) mass is 372 g/mol. The number of nitrogens with zero attached hydrogens (tertiary/aromatic N) is 2. The summed E-state index contributed by atoms with van der Waals surface area (Å²) in [6.45, 7) is 4.69. The molecule has 4 heteroatoms. The minimum Gasteiger partial charge on any atom is -0.340 e. The van der Waals surface area contributed by atoms with Crippen molar-refractivity contribution in [2.24, 2.45) is 23.2 Å². The predicted octanol–water partition coefficient (Wildman–Crippen LogP) is 4.20. The smallest absolute Gasteiger partial charge is 0.223 e. The molecule has 1 amide bonds. The van der Waals surface area contributed by atoms with Crippen molar-refractivity contribution < 1.29 is 4.79 Å². The van der Waals surface area contributed by atoms with Gasteiger partial charge in [0.1, 0.15) is 0 Å². The average molecular weight is 373 g/mol. The van der Waals surface area contributed by atoms with Gasteiger partial charge in [-0.2, -0.15) is 0 Å². The molecule has 1 saturated heterocycles. The fourth-order valence-corrected chi connectivity index (χ4v) is 6.76. The maximum absolute atomic E-state index is 13.0. The summed E-state index contributed by atoms with van der Waals surface area (Å²) < 4.78 is 0. The molecule has 0 spiro atoms. The van der Waals surface area contributed by atoms with Crippen LogP contribution in [0.5, 0.6) is 0 Å². The number of halogens is 1. The standard InChI is InChI=1S/C22H29ClN2O/c23-20-3-1-16(2-4-20)15-24-5-7-25(8-6-24)21(26)14-22-11-17-9-18(12-22)19(10-17)13-22/h1-4,17-19H,5-15H2. The number of carbonyl (C=O) groups is 1. The molecule has 3 nitrogen and oxygen atoms in total. The molecule has 140 valence electrons. The molecule has 1 aliphatic heterocycles. The van der Waals surface area contributed by atoms with Crippen molar-refractivity contribution in [1.82, 2.24) is 9.80 Å². The minimum absolute atomic E-state index is 0.383. The molecule has 2 unspecified atom stereocenters. The van der Waals surface area contributed by atoms with Crippen LogP contribution in [0.25, 0.3) is 0 Å². The van der Waals surface area contributed by atoms with Gasteiger partial charge in [-0.05, 0) is 73.0 Å². The van der Waals surface area contributed by atoms with Gasteiger partial charge in [0, 0.05) is 44.2 Å². The zero-order chi connectivity index (χ0) is 17.7. The van der Waals surface area contributed by atoms with E-state index in [2.05, 4.69) is 21.9 Å². The number of benzene rings is 1. The molecule has 4 aliphatic carbocycles. The first kappa shape index (κ1) is 17.1. The van der Waals surface area contributed by atoms with E-state index in [9.17, 15) is 4.79 Å². The van der Waals surface area contributed by atoms with E-state index in [1.54, 1.807) is 0 Å². The van der Waals surface area contributed by atoms with E-state index in [4.69, 9.17) is 11.6 Å². The normalized spacial score (nSPS) is 36.0. The van der Waals surface area contributed by atoms with Crippen molar-refractivity contribution in [3.63, 3.8) is 0 Å². The molecule has 6 rings (SSSR count). The molecule has 1 aromatic carbocycles. The molecule has 1 aromatic rings. The van der Waals surface area contributed by atoms with Crippen LogP contribution in [0.3, 0.4) is 0 Å². The van der Waals surface area contributed by atoms with Gasteiger partial charge in [-0.1, -0.05) is 23.7 Å². The number of rotatable bonds is 4. The van der Waals surface area contributed by atoms with Gasteiger partial charge in [-0.3, -0.25) is 9.69 Å². The van der Waals surface area contributed by atoms with Gasteiger partial charge in [0.05, 0.1) is 0 Å². The zero-order valence-electron chi connectivity index (χ0n) is 15.5. The Morgan fingerprint density at radius 2 is 1.65 bits per heavy atom. The predicted molar refractivity (Wildman–Crippen MR) is 104 cm³/mol. The number of amides is 1. The first-order valence-electron chi connectivity index (χ1n) is 10.3. The summed E-state index contributed by atoms with van der Waals surface area (Å²) in [7, 11) is 0. The summed E-state index contributed by atoms with van der Waals surface area (Å²) in [5.74, 6) is 3.28. The minimum atomic E-state index is 0.383. The second-order valence-corrected chi connectivity index (χ2v) is 9.87. The first-order valence-corrected chi connectivity index (χ1v) is 10.7. The summed E-state index contributed by atoms with van der Waals surface area (Å²) in [6.07, 6.45) is 7.77. The quantitative estimate of drug-likeness (QED) is 0.790. The number of hydrogen-bond acceptors (Lipinski definition) is 2. The van der Waals surface area contributed by atoms with Gasteiger partial charge >= 0.3 is 0 Å². The molecule has 2 atom stereocenters. The Bertz CT molecular complexity index is 660. The van der Waals surface area contributed by atoms with E-state index in [0.717, 1.165) is 61.9 Å². The molecule has 5 fully saturated rings. The highest BCUT2D eigenvalue weighted by Crippen LogP contribution is 2.65. The number of hydrogen-bond donors (Lipinski definition) is 0. The van der Waals surface area contributed by atoms with Gasteiger partial charge in [0.25, 0.3) is 0 Å². The van der Waals surface area contributed by atoms with Crippen LogP contribution in [0.15, 0.2) is 24.3 Å². The van der Waals surface area contributed by atoms with E-state index in [0.29, 0.717) is 11.3 Å².